The number of hydrogen-bond acceptors (Lipinski definition) is 5. The second kappa shape index (κ2) is 8.52. The van der Waals surface area contributed by atoms with Crippen LogP contribution in [0.2, 0.25) is 0 Å². The van der Waals surface area contributed by atoms with Crippen molar-refractivity contribution in [2.75, 3.05) is 39.5 Å². The van der Waals surface area contributed by atoms with Crippen molar-refractivity contribution in [1.82, 2.24) is 14.4 Å². The number of amides is 1. The number of allylic oxidation sites excluding steroid dienone is 2. The van der Waals surface area contributed by atoms with Gasteiger partial charge in [-0.2, -0.15) is 0 Å². The molecule has 1 aromatic heterocycles. The number of aromatic nitrogens is 1. The van der Waals surface area contributed by atoms with E-state index in [2.05, 4.69) is 24.0 Å². The lowest BCUT2D eigenvalue weighted by atomic mass is 9.86. The molecule has 4 aliphatic rings. The van der Waals surface area contributed by atoms with E-state index in [9.17, 15) is 14.7 Å². The number of ether oxygens (including phenoxy) is 1. The van der Waals surface area contributed by atoms with Crippen LogP contribution in [0.5, 0.6) is 0 Å². The van der Waals surface area contributed by atoms with E-state index in [1.165, 1.54) is 6.42 Å². The number of aliphatic hydroxyl groups is 1. The quantitative estimate of drug-likeness (QED) is 0.791. The van der Waals surface area contributed by atoms with Gasteiger partial charge in [0.25, 0.3) is 5.56 Å². The summed E-state index contributed by atoms with van der Waals surface area (Å²) in [6.45, 7) is 5.69. The van der Waals surface area contributed by atoms with Gasteiger partial charge >= 0.3 is 0 Å². The molecule has 1 amide bonds. The average molecular weight is 428 g/mol. The molecule has 3 aliphatic heterocycles. The van der Waals surface area contributed by atoms with Gasteiger partial charge in [-0.3, -0.25) is 14.5 Å². The zero-order chi connectivity index (χ0) is 21.5. The summed E-state index contributed by atoms with van der Waals surface area (Å²) in [6, 6.07) is 3.87. The summed E-state index contributed by atoms with van der Waals surface area (Å²) in [6.07, 6.45) is 6.53. The van der Waals surface area contributed by atoms with Crippen LogP contribution in [0.1, 0.15) is 49.9 Å². The van der Waals surface area contributed by atoms with Crippen molar-refractivity contribution in [3.05, 3.63) is 39.8 Å². The fraction of sp³-hybridized carbons (Fsp3) is 0.667. The minimum Gasteiger partial charge on any atom is -0.396 e. The Balaban J connectivity index is 1.56. The van der Waals surface area contributed by atoms with Crippen LogP contribution in [0.4, 0.5) is 0 Å². The fourth-order valence-corrected chi connectivity index (χ4v) is 6.26. The first kappa shape index (κ1) is 20.9. The molecule has 7 nitrogen and oxygen atoms in total. The van der Waals surface area contributed by atoms with Gasteiger partial charge in [0, 0.05) is 49.5 Å². The Hall–Kier alpha value is -1.96. The van der Waals surface area contributed by atoms with Gasteiger partial charge in [-0.25, -0.2) is 0 Å². The average Bonchev–Trinajstić information content (AvgIpc) is 3.05. The van der Waals surface area contributed by atoms with E-state index in [0.717, 1.165) is 42.6 Å². The number of carbonyl (C=O) groups excluding carboxylic acids is 1. The Labute approximate surface area is 183 Å². The maximum Gasteiger partial charge on any atom is 0.258 e. The van der Waals surface area contributed by atoms with Gasteiger partial charge in [0.05, 0.1) is 25.2 Å². The minimum atomic E-state index is -0.332. The second-order valence-corrected chi connectivity index (χ2v) is 9.22. The number of carbonyl (C=O) groups is 1. The number of hydrogen-bond donors (Lipinski definition) is 1. The highest BCUT2D eigenvalue weighted by Crippen LogP contribution is 2.48. The SMILES string of the molecule is CCN1[C@@H]2Cn3c(ccc(C4=CCCCC4)c3=O)[C@H]1[C@@H](C(=O)N1CCOCC1)[C@@H]2CO. The molecule has 2 fully saturated rings. The normalized spacial score (nSPS) is 30.8. The Morgan fingerprint density at radius 2 is 2.03 bits per heavy atom. The third kappa shape index (κ3) is 3.38. The summed E-state index contributed by atoms with van der Waals surface area (Å²) >= 11 is 0. The summed E-state index contributed by atoms with van der Waals surface area (Å²) in [5, 5.41) is 10.3. The van der Waals surface area contributed by atoms with Crippen molar-refractivity contribution < 1.29 is 14.6 Å². The molecule has 1 aromatic rings. The van der Waals surface area contributed by atoms with Gasteiger partial charge in [0.1, 0.15) is 0 Å². The van der Waals surface area contributed by atoms with E-state index < -0.39 is 0 Å². The third-order valence-electron chi connectivity index (χ3n) is 7.78. The maximum absolute atomic E-state index is 13.6. The van der Waals surface area contributed by atoms with E-state index >= 15 is 0 Å². The van der Waals surface area contributed by atoms with Crippen molar-refractivity contribution in [3.8, 4) is 0 Å². The van der Waals surface area contributed by atoms with Crippen LogP contribution in [0, 0.1) is 11.8 Å². The first-order chi connectivity index (χ1) is 15.2. The van der Waals surface area contributed by atoms with Gasteiger partial charge in [-0.05, 0) is 49.9 Å². The Bertz CT molecular complexity index is 933. The third-order valence-corrected chi connectivity index (χ3v) is 7.78. The lowest BCUT2D eigenvalue weighted by Crippen LogP contribution is -2.47. The Morgan fingerprint density at radius 1 is 1.23 bits per heavy atom. The van der Waals surface area contributed by atoms with E-state index in [4.69, 9.17) is 4.74 Å². The molecule has 4 atom stereocenters. The number of aliphatic hydroxyl groups excluding tert-OH is 1. The molecule has 0 aromatic carbocycles. The van der Waals surface area contributed by atoms with Gasteiger partial charge in [-0.1, -0.05) is 13.0 Å². The monoisotopic (exact) mass is 427 g/mol. The van der Waals surface area contributed by atoms with E-state index in [-0.39, 0.29) is 42.0 Å². The van der Waals surface area contributed by atoms with Crippen LogP contribution in [0.25, 0.3) is 5.57 Å². The molecule has 0 saturated carbocycles. The molecule has 168 valence electrons. The van der Waals surface area contributed by atoms with Crippen molar-refractivity contribution in [2.45, 2.75) is 51.2 Å². The molecule has 0 spiro atoms. The standard InChI is InChI=1S/C24H33N3O4/c1-2-26-20-14-27-19(9-8-17(23(27)29)16-6-4-3-5-7-16)22(26)21(18(20)15-28)24(30)25-10-12-31-13-11-25/h6,8-9,18,20-22,28H,2-5,7,10-15H2,1H3/t18-,20-,21+,22+/m1/s1. The molecule has 0 radical (unpaired) electrons. The lowest BCUT2D eigenvalue weighted by molar-refractivity contribution is -0.142. The molecule has 1 N–H and O–H groups in total. The van der Waals surface area contributed by atoms with Gasteiger partial charge in [-0.15, -0.1) is 0 Å². The number of morpholine rings is 1. The lowest BCUT2D eigenvalue weighted by Gasteiger charge is -2.38. The van der Waals surface area contributed by atoms with E-state index in [0.29, 0.717) is 32.8 Å². The molecular weight excluding hydrogens is 394 g/mol. The van der Waals surface area contributed by atoms with Crippen molar-refractivity contribution in [3.63, 3.8) is 0 Å². The van der Waals surface area contributed by atoms with Crippen molar-refractivity contribution in [1.29, 1.82) is 0 Å². The maximum atomic E-state index is 13.6. The summed E-state index contributed by atoms with van der Waals surface area (Å²) in [4.78, 5) is 31.4. The zero-order valence-corrected chi connectivity index (χ0v) is 18.3. The van der Waals surface area contributed by atoms with Crippen LogP contribution >= 0.6 is 0 Å². The second-order valence-electron chi connectivity index (χ2n) is 9.22. The molecule has 2 bridgehead atoms. The molecule has 4 heterocycles. The molecule has 1 aliphatic carbocycles. The summed E-state index contributed by atoms with van der Waals surface area (Å²) in [5.41, 5.74) is 2.96. The number of pyridine rings is 1. The summed E-state index contributed by atoms with van der Waals surface area (Å²) in [7, 11) is 0. The molecular formula is C24H33N3O4. The van der Waals surface area contributed by atoms with Gasteiger partial charge in [0.2, 0.25) is 5.91 Å². The minimum absolute atomic E-state index is 0.00391. The summed E-state index contributed by atoms with van der Waals surface area (Å²) in [5.74, 6) is -0.411. The van der Waals surface area contributed by atoms with Gasteiger partial charge in [0.15, 0.2) is 0 Å². The highest BCUT2D eigenvalue weighted by molar-refractivity contribution is 5.81. The van der Waals surface area contributed by atoms with E-state index in [1.807, 2.05) is 15.5 Å². The number of fused-ring (bicyclic) bond motifs is 4. The molecule has 31 heavy (non-hydrogen) atoms. The van der Waals surface area contributed by atoms with Crippen LogP contribution in [0.15, 0.2) is 23.0 Å². The van der Waals surface area contributed by atoms with Gasteiger partial charge < -0.3 is 19.3 Å². The molecule has 5 rings (SSSR count). The van der Waals surface area contributed by atoms with Crippen molar-refractivity contribution >= 4 is 11.5 Å². The smallest absolute Gasteiger partial charge is 0.258 e. The highest BCUT2D eigenvalue weighted by atomic mass is 16.5. The fourth-order valence-electron chi connectivity index (χ4n) is 6.26. The predicted octanol–water partition coefficient (Wildman–Crippen LogP) is 1.65. The molecule has 0 unspecified atom stereocenters. The predicted molar refractivity (Wildman–Crippen MR) is 118 cm³/mol. The first-order valence-corrected chi connectivity index (χ1v) is 11.8. The van der Waals surface area contributed by atoms with Crippen LogP contribution < -0.4 is 5.56 Å². The summed E-state index contributed by atoms with van der Waals surface area (Å²) < 4.78 is 7.34. The topological polar surface area (TPSA) is 75.0 Å². The Kier molecular flexibility index (Phi) is 5.75. The Morgan fingerprint density at radius 3 is 2.71 bits per heavy atom. The van der Waals surface area contributed by atoms with Crippen molar-refractivity contribution in [2.24, 2.45) is 11.8 Å². The largest absolute Gasteiger partial charge is 0.396 e. The number of rotatable bonds is 4. The van der Waals surface area contributed by atoms with Crippen LogP contribution in [0.3, 0.4) is 0 Å². The number of likely N-dealkylation sites (N-methyl/N-ethyl adjacent to an activating group) is 1. The van der Waals surface area contributed by atoms with Crippen LogP contribution in [-0.4, -0.2) is 70.9 Å². The van der Waals surface area contributed by atoms with Crippen LogP contribution in [-0.2, 0) is 16.1 Å². The molecule has 7 heteroatoms. The number of nitrogens with zero attached hydrogens (tertiary/aromatic N) is 3. The first-order valence-electron chi connectivity index (χ1n) is 11.8. The zero-order valence-electron chi connectivity index (χ0n) is 18.3. The highest BCUT2D eigenvalue weighted by Gasteiger charge is 2.56. The molecule has 2 saturated heterocycles. The van der Waals surface area contributed by atoms with E-state index in [1.54, 1.807) is 0 Å².